The summed E-state index contributed by atoms with van der Waals surface area (Å²) in [6.45, 7) is 10.2. The minimum Gasteiger partial charge on any atom is -0.481 e. The van der Waals surface area contributed by atoms with E-state index in [0.29, 0.717) is 12.8 Å². The van der Waals surface area contributed by atoms with Crippen molar-refractivity contribution in [3.05, 3.63) is 12.2 Å². The smallest absolute Gasteiger partial charge is 0.332 e. The van der Waals surface area contributed by atoms with Crippen LogP contribution in [-0.4, -0.2) is 47.3 Å². The largest absolute Gasteiger partial charge is 0.481 e. The highest BCUT2D eigenvalue weighted by atomic mass is 16.5. The number of carboxylic acid groups (broad SMARTS) is 2. The molecule has 0 aromatic carbocycles. The molecule has 8 nitrogen and oxygen atoms in total. The summed E-state index contributed by atoms with van der Waals surface area (Å²) in [6.07, 6.45) is 6.89. The van der Waals surface area contributed by atoms with Crippen LogP contribution >= 0.6 is 0 Å². The van der Waals surface area contributed by atoms with Crippen LogP contribution in [0.25, 0.3) is 0 Å². The van der Waals surface area contributed by atoms with Crippen LogP contribution in [0.2, 0.25) is 0 Å². The molecule has 2 atom stereocenters. The van der Waals surface area contributed by atoms with E-state index in [0.717, 1.165) is 38.5 Å². The van der Waals surface area contributed by atoms with E-state index in [1.807, 2.05) is 13.8 Å². The molecule has 178 valence electrons. The zero-order chi connectivity index (χ0) is 24.0. The summed E-state index contributed by atoms with van der Waals surface area (Å²) in [4.78, 5) is 49.3. The standard InChI is InChI=1S/C23H38O8/c1-6-8-10-12-14-30-20(26)17(4)23(22(28)29,16(3)19(24)25)18(5)21(27)31-15-13-11-9-7-2/h17-18H,3,6-15H2,1-2,4-5H3,(H,24,25)(H,28,29). The van der Waals surface area contributed by atoms with Crippen LogP contribution in [0.1, 0.15) is 79.1 Å². The molecule has 0 aliphatic heterocycles. The Hall–Kier alpha value is -2.38. The molecule has 0 rings (SSSR count). The fourth-order valence-electron chi connectivity index (χ4n) is 3.60. The highest BCUT2D eigenvalue weighted by Gasteiger charge is 2.58. The van der Waals surface area contributed by atoms with Crippen molar-refractivity contribution in [2.24, 2.45) is 17.3 Å². The molecule has 2 unspecified atom stereocenters. The van der Waals surface area contributed by atoms with Gasteiger partial charge in [-0.15, -0.1) is 0 Å². The summed E-state index contributed by atoms with van der Waals surface area (Å²) >= 11 is 0. The zero-order valence-corrected chi connectivity index (χ0v) is 19.3. The first-order valence-corrected chi connectivity index (χ1v) is 11.1. The number of hydrogen-bond donors (Lipinski definition) is 2. The first-order valence-electron chi connectivity index (χ1n) is 11.1. The maximum atomic E-state index is 12.6. The molecule has 8 heteroatoms. The molecule has 0 spiro atoms. The monoisotopic (exact) mass is 442 g/mol. The summed E-state index contributed by atoms with van der Waals surface area (Å²) < 4.78 is 10.4. The van der Waals surface area contributed by atoms with Gasteiger partial charge in [-0.05, 0) is 12.8 Å². The summed E-state index contributed by atoms with van der Waals surface area (Å²) in [5.74, 6) is -7.92. The van der Waals surface area contributed by atoms with Crippen LogP contribution in [0.5, 0.6) is 0 Å². The maximum absolute atomic E-state index is 12.6. The SMILES string of the molecule is C=C(C(=O)O)C(C(=O)O)(C(C)C(=O)OCCCCCC)C(C)C(=O)OCCCCCC. The Morgan fingerprint density at radius 2 is 1.16 bits per heavy atom. The van der Waals surface area contributed by atoms with E-state index in [9.17, 15) is 29.4 Å². The second kappa shape index (κ2) is 14.6. The lowest BCUT2D eigenvalue weighted by Gasteiger charge is -2.37. The number of aliphatic carboxylic acids is 2. The Morgan fingerprint density at radius 3 is 1.45 bits per heavy atom. The Labute approximate surface area is 185 Å². The van der Waals surface area contributed by atoms with Gasteiger partial charge in [-0.2, -0.15) is 0 Å². The van der Waals surface area contributed by atoms with Crippen LogP contribution in [0.4, 0.5) is 0 Å². The van der Waals surface area contributed by atoms with Crippen molar-refractivity contribution < 1.29 is 38.9 Å². The van der Waals surface area contributed by atoms with E-state index < -0.39 is 46.7 Å². The lowest BCUT2D eigenvalue weighted by Crippen LogP contribution is -2.52. The second-order valence-corrected chi connectivity index (χ2v) is 7.86. The maximum Gasteiger partial charge on any atom is 0.332 e. The molecule has 0 aromatic heterocycles. The predicted octanol–water partition coefficient (Wildman–Crippen LogP) is 4.22. The summed E-state index contributed by atoms with van der Waals surface area (Å²) in [5.41, 5.74) is -3.15. The summed E-state index contributed by atoms with van der Waals surface area (Å²) in [6, 6.07) is 0. The van der Waals surface area contributed by atoms with Gasteiger partial charge in [0, 0.05) is 5.57 Å². The number of ether oxygens (including phenoxy) is 2. The van der Waals surface area contributed by atoms with E-state index in [1.54, 1.807) is 0 Å². The Kier molecular flexibility index (Phi) is 13.5. The van der Waals surface area contributed by atoms with Gasteiger partial charge in [0.15, 0.2) is 0 Å². The number of carbonyl (C=O) groups is 4. The van der Waals surface area contributed by atoms with Gasteiger partial charge < -0.3 is 19.7 Å². The van der Waals surface area contributed by atoms with E-state index in [-0.39, 0.29) is 13.2 Å². The van der Waals surface area contributed by atoms with Gasteiger partial charge in [-0.25, -0.2) is 4.79 Å². The Balaban J connectivity index is 5.62. The number of unbranched alkanes of at least 4 members (excludes halogenated alkanes) is 6. The van der Waals surface area contributed by atoms with Crippen molar-refractivity contribution in [1.82, 2.24) is 0 Å². The highest BCUT2D eigenvalue weighted by Crippen LogP contribution is 2.44. The molecular weight excluding hydrogens is 404 g/mol. The second-order valence-electron chi connectivity index (χ2n) is 7.86. The molecule has 0 heterocycles. The van der Waals surface area contributed by atoms with Crippen LogP contribution < -0.4 is 0 Å². The third-order valence-electron chi connectivity index (χ3n) is 5.67. The topological polar surface area (TPSA) is 127 Å². The Bertz CT molecular complexity index is 593. The van der Waals surface area contributed by atoms with Crippen molar-refractivity contribution in [1.29, 1.82) is 0 Å². The average Bonchev–Trinajstić information content (AvgIpc) is 2.72. The van der Waals surface area contributed by atoms with Crippen LogP contribution in [0.15, 0.2) is 12.2 Å². The van der Waals surface area contributed by atoms with Gasteiger partial charge >= 0.3 is 23.9 Å². The zero-order valence-electron chi connectivity index (χ0n) is 19.3. The quantitative estimate of drug-likeness (QED) is 0.195. The third-order valence-corrected chi connectivity index (χ3v) is 5.67. The van der Waals surface area contributed by atoms with Crippen molar-refractivity contribution in [3.63, 3.8) is 0 Å². The normalized spacial score (nSPS) is 14.7. The molecule has 0 saturated heterocycles. The molecule has 0 amide bonds. The lowest BCUT2D eigenvalue weighted by atomic mass is 9.63. The molecule has 0 saturated carbocycles. The van der Waals surface area contributed by atoms with Crippen LogP contribution in [0.3, 0.4) is 0 Å². The molecule has 2 N–H and O–H groups in total. The minimum absolute atomic E-state index is 0.0919. The fraction of sp³-hybridized carbons (Fsp3) is 0.739. The fourth-order valence-corrected chi connectivity index (χ4v) is 3.60. The number of esters is 2. The molecule has 0 radical (unpaired) electrons. The molecule has 0 aromatic rings. The molecule has 0 fully saturated rings. The van der Waals surface area contributed by atoms with E-state index in [1.165, 1.54) is 13.8 Å². The van der Waals surface area contributed by atoms with Crippen molar-refractivity contribution >= 4 is 23.9 Å². The number of rotatable bonds is 17. The average molecular weight is 443 g/mol. The van der Waals surface area contributed by atoms with Crippen molar-refractivity contribution in [2.45, 2.75) is 79.1 Å². The van der Waals surface area contributed by atoms with Crippen LogP contribution in [0, 0.1) is 17.3 Å². The molecule has 0 aliphatic rings. The van der Waals surface area contributed by atoms with E-state index in [2.05, 4.69) is 6.58 Å². The van der Waals surface area contributed by atoms with Gasteiger partial charge in [0.1, 0.15) is 5.41 Å². The van der Waals surface area contributed by atoms with E-state index in [4.69, 9.17) is 9.47 Å². The highest BCUT2D eigenvalue weighted by molar-refractivity contribution is 6.01. The van der Waals surface area contributed by atoms with Crippen LogP contribution in [-0.2, 0) is 28.7 Å². The predicted molar refractivity (Wildman–Crippen MR) is 115 cm³/mol. The van der Waals surface area contributed by atoms with Gasteiger partial charge in [0.2, 0.25) is 0 Å². The molecule has 31 heavy (non-hydrogen) atoms. The lowest BCUT2D eigenvalue weighted by molar-refractivity contribution is -0.174. The first-order chi connectivity index (χ1) is 14.6. The summed E-state index contributed by atoms with van der Waals surface area (Å²) in [5, 5.41) is 19.5. The number of hydrogen-bond acceptors (Lipinski definition) is 6. The van der Waals surface area contributed by atoms with Crippen molar-refractivity contribution in [2.75, 3.05) is 13.2 Å². The first kappa shape index (κ1) is 28.6. The minimum atomic E-state index is -2.40. The van der Waals surface area contributed by atoms with Gasteiger partial charge in [-0.3, -0.25) is 14.4 Å². The van der Waals surface area contributed by atoms with Gasteiger partial charge in [0.25, 0.3) is 0 Å². The third kappa shape index (κ3) is 7.99. The number of carbonyl (C=O) groups excluding carboxylic acids is 2. The van der Waals surface area contributed by atoms with E-state index >= 15 is 0 Å². The molecule has 0 bridgehead atoms. The molecule has 0 aliphatic carbocycles. The molecular formula is C23H38O8. The van der Waals surface area contributed by atoms with Crippen molar-refractivity contribution in [3.8, 4) is 0 Å². The van der Waals surface area contributed by atoms with Gasteiger partial charge in [0.05, 0.1) is 25.0 Å². The van der Waals surface area contributed by atoms with Gasteiger partial charge in [-0.1, -0.05) is 72.8 Å². The Morgan fingerprint density at radius 1 is 0.774 bits per heavy atom. The number of carboxylic acids is 2. The summed E-state index contributed by atoms with van der Waals surface area (Å²) in [7, 11) is 0.